The van der Waals surface area contributed by atoms with Crippen LogP contribution in [-0.4, -0.2) is 72.8 Å². The normalized spacial score (nSPS) is 19.2. The molecule has 31 heavy (non-hydrogen) atoms. The van der Waals surface area contributed by atoms with Gasteiger partial charge in [0.15, 0.2) is 0 Å². The van der Waals surface area contributed by atoms with Gasteiger partial charge < -0.3 is 20.0 Å². The first-order valence-corrected chi connectivity index (χ1v) is 10.5. The minimum absolute atomic E-state index is 0.0916. The molecule has 7 nitrogen and oxygen atoms in total. The van der Waals surface area contributed by atoms with Gasteiger partial charge in [0, 0.05) is 45.0 Å². The molecule has 162 valence electrons. The average Bonchev–Trinajstić information content (AvgIpc) is 2.81. The minimum Gasteiger partial charge on any atom is -0.368 e. The zero-order chi connectivity index (χ0) is 21.8. The van der Waals surface area contributed by atoms with Crippen molar-refractivity contribution in [2.75, 3.05) is 44.2 Å². The number of halogens is 1. The number of benzene rings is 2. The van der Waals surface area contributed by atoms with E-state index in [4.69, 9.17) is 0 Å². The highest BCUT2D eigenvalue weighted by atomic mass is 19.1. The number of nitrogens with zero attached hydrogens (tertiary/aromatic N) is 3. The zero-order valence-corrected chi connectivity index (χ0v) is 17.2. The van der Waals surface area contributed by atoms with Crippen molar-refractivity contribution in [1.82, 2.24) is 15.1 Å². The first kappa shape index (κ1) is 20.8. The fourth-order valence-electron chi connectivity index (χ4n) is 4.10. The molecule has 8 heteroatoms. The lowest BCUT2D eigenvalue weighted by atomic mass is 10.0. The van der Waals surface area contributed by atoms with Crippen LogP contribution in [0.3, 0.4) is 0 Å². The van der Waals surface area contributed by atoms with Gasteiger partial charge in [0.05, 0.1) is 12.0 Å². The largest absolute Gasteiger partial charge is 0.368 e. The molecule has 1 atom stereocenters. The van der Waals surface area contributed by atoms with Crippen LogP contribution in [0.4, 0.5) is 10.1 Å². The van der Waals surface area contributed by atoms with Crippen LogP contribution in [0.1, 0.15) is 16.8 Å². The van der Waals surface area contributed by atoms with Crippen LogP contribution in [0.25, 0.3) is 0 Å². The van der Waals surface area contributed by atoms with E-state index < -0.39 is 17.8 Å². The maximum Gasteiger partial charge on any atom is 0.257 e. The molecule has 0 aromatic heterocycles. The lowest BCUT2D eigenvalue weighted by Gasteiger charge is -2.39. The van der Waals surface area contributed by atoms with Gasteiger partial charge in [-0.25, -0.2) is 4.39 Å². The van der Waals surface area contributed by atoms with Crippen molar-refractivity contribution in [2.24, 2.45) is 0 Å². The lowest BCUT2D eigenvalue weighted by molar-refractivity contribution is -0.138. The van der Waals surface area contributed by atoms with E-state index in [1.807, 2.05) is 30.3 Å². The molecule has 0 aliphatic carbocycles. The number of carbonyl (C=O) groups is 3. The number of rotatable bonds is 4. The van der Waals surface area contributed by atoms with Gasteiger partial charge in [-0.15, -0.1) is 0 Å². The predicted molar refractivity (Wildman–Crippen MR) is 114 cm³/mol. The van der Waals surface area contributed by atoms with Crippen molar-refractivity contribution in [3.8, 4) is 0 Å². The Morgan fingerprint density at radius 3 is 2.32 bits per heavy atom. The molecule has 0 radical (unpaired) electrons. The quantitative estimate of drug-likeness (QED) is 0.808. The zero-order valence-electron chi connectivity index (χ0n) is 17.2. The van der Waals surface area contributed by atoms with Crippen LogP contribution >= 0.6 is 0 Å². The van der Waals surface area contributed by atoms with Crippen molar-refractivity contribution >= 4 is 23.4 Å². The van der Waals surface area contributed by atoms with Crippen LogP contribution in [0, 0.1) is 5.82 Å². The molecule has 2 heterocycles. The monoisotopic (exact) mass is 424 g/mol. The van der Waals surface area contributed by atoms with Gasteiger partial charge in [-0.05, 0) is 24.3 Å². The third kappa shape index (κ3) is 4.52. The molecule has 2 aromatic carbocycles. The molecule has 0 bridgehead atoms. The van der Waals surface area contributed by atoms with E-state index in [0.29, 0.717) is 26.2 Å². The van der Waals surface area contributed by atoms with Crippen LogP contribution in [-0.2, 0) is 9.59 Å². The van der Waals surface area contributed by atoms with Crippen LogP contribution < -0.4 is 10.2 Å². The number of para-hydroxylation sites is 1. The SMILES string of the molecule is O=C1NCCN(C(=O)c2ccccc2F)[C@@H]1CC(=O)N1CCN(c2ccccc2)CC1. The number of nitrogens with one attached hydrogen (secondary N) is 1. The van der Waals surface area contributed by atoms with Crippen molar-refractivity contribution in [3.63, 3.8) is 0 Å². The van der Waals surface area contributed by atoms with Gasteiger partial charge in [-0.3, -0.25) is 14.4 Å². The lowest BCUT2D eigenvalue weighted by Crippen LogP contribution is -2.59. The summed E-state index contributed by atoms with van der Waals surface area (Å²) in [6.45, 7) is 3.00. The fourth-order valence-corrected chi connectivity index (χ4v) is 4.10. The van der Waals surface area contributed by atoms with Crippen LogP contribution in [0.15, 0.2) is 54.6 Å². The predicted octanol–water partition coefficient (Wildman–Crippen LogP) is 1.51. The summed E-state index contributed by atoms with van der Waals surface area (Å²) in [5.74, 6) is -1.77. The van der Waals surface area contributed by atoms with Gasteiger partial charge in [-0.1, -0.05) is 30.3 Å². The number of carbonyl (C=O) groups excluding carboxylic acids is 3. The molecule has 0 spiro atoms. The van der Waals surface area contributed by atoms with Gasteiger partial charge in [0.25, 0.3) is 5.91 Å². The van der Waals surface area contributed by atoms with Crippen LogP contribution in [0.5, 0.6) is 0 Å². The van der Waals surface area contributed by atoms with E-state index in [2.05, 4.69) is 10.2 Å². The fraction of sp³-hybridized carbons (Fsp3) is 0.348. The molecular formula is C23H25FN4O3. The Labute approximate surface area is 180 Å². The van der Waals surface area contributed by atoms with Crippen molar-refractivity contribution < 1.29 is 18.8 Å². The minimum atomic E-state index is -0.944. The number of hydrogen-bond acceptors (Lipinski definition) is 4. The van der Waals surface area contributed by atoms with Crippen molar-refractivity contribution in [2.45, 2.75) is 12.5 Å². The molecule has 1 N–H and O–H groups in total. The van der Waals surface area contributed by atoms with Crippen molar-refractivity contribution in [1.29, 1.82) is 0 Å². The number of hydrogen-bond donors (Lipinski definition) is 1. The second kappa shape index (κ2) is 9.16. The molecule has 2 aliphatic rings. The number of amides is 3. The summed E-state index contributed by atoms with van der Waals surface area (Å²) in [6.07, 6.45) is -0.114. The summed E-state index contributed by atoms with van der Waals surface area (Å²) in [5.41, 5.74) is 1.02. The first-order chi connectivity index (χ1) is 15.0. The van der Waals surface area contributed by atoms with E-state index >= 15 is 0 Å². The highest BCUT2D eigenvalue weighted by Gasteiger charge is 2.37. The molecule has 2 aromatic rings. The topological polar surface area (TPSA) is 73.0 Å². The molecule has 4 rings (SSSR count). The summed E-state index contributed by atoms with van der Waals surface area (Å²) >= 11 is 0. The smallest absolute Gasteiger partial charge is 0.257 e. The number of anilines is 1. The highest BCUT2D eigenvalue weighted by molar-refractivity contribution is 5.99. The Bertz CT molecular complexity index is 960. The van der Waals surface area contributed by atoms with Gasteiger partial charge in [0.1, 0.15) is 11.9 Å². The Kier molecular flexibility index (Phi) is 6.16. The van der Waals surface area contributed by atoms with E-state index in [9.17, 15) is 18.8 Å². The van der Waals surface area contributed by atoms with E-state index in [-0.39, 0.29) is 36.9 Å². The average molecular weight is 424 g/mol. The summed E-state index contributed by atoms with van der Waals surface area (Å²) < 4.78 is 14.1. The summed E-state index contributed by atoms with van der Waals surface area (Å²) in [5, 5.41) is 2.71. The van der Waals surface area contributed by atoms with Gasteiger partial charge >= 0.3 is 0 Å². The van der Waals surface area contributed by atoms with E-state index in [0.717, 1.165) is 5.69 Å². The molecular weight excluding hydrogens is 399 g/mol. The Hall–Kier alpha value is -3.42. The molecule has 0 saturated carbocycles. The third-order valence-corrected chi connectivity index (χ3v) is 5.82. The third-order valence-electron chi connectivity index (χ3n) is 5.82. The van der Waals surface area contributed by atoms with E-state index in [1.54, 1.807) is 11.0 Å². The highest BCUT2D eigenvalue weighted by Crippen LogP contribution is 2.19. The Morgan fingerprint density at radius 2 is 1.61 bits per heavy atom. The second-order valence-corrected chi connectivity index (χ2v) is 7.69. The molecule has 2 aliphatic heterocycles. The Balaban J connectivity index is 1.41. The molecule has 2 saturated heterocycles. The summed E-state index contributed by atoms with van der Waals surface area (Å²) in [7, 11) is 0. The summed E-state index contributed by atoms with van der Waals surface area (Å²) in [4.78, 5) is 43.6. The maximum atomic E-state index is 14.1. The van der Waals surface area contributed by atoms with E-state index in [1.165, 1.54) is 23.1 Å². The Morgan fingerprint density at radius 1 is 0.935 bits per heavy atom. The molecule has 3 amide bonds. The molecule has 2 fully saturated rings. The second-order valence-electron chi connectivity index (χ2n) is 7.69. The van der Waals surface area contributed by atoms with Crippen LogP contribution in [0.2, 0.25) is 0 Å². The standard InChI is InChI=1S/C23H25FN4O3/c24-19-9-5-4-8-18(19)23(31)28-11-10-25-22(30)20(28)16-21(29)27-14-12-26(13-15-27)17-6-2-1-3-7-17/h1-9,20H,10-16H2,(H,25,30)/t20-/m1/s1. The summed E-state index contributed by atoms with van der Waals surface area (Å²) in [6, 6.07) is 14.7. The molecule has 0 unspecified atom stereocenters. The van der Waals surface area contributed by atoms with Crippen molar-refractivity contribution in [3.05, 3.63) is 66.0 Å². The van der Waals surface area contributed by atoms with Gasteiger partial charge in [0.2, 0.25) is 11.8 Å². The van der Waals surface area contributed by atoms with Gasteiger partial charge in [-0.2, -0.15) is 0 Å². The maximum absolute atomic E-state index is 14.1. The number of piperazine rings is 2. The first-order valence-electron chi connectivity index (χ1n) is 10.5.